The van der Waals surface area contributed by atoms with E-state index in [1.807, 2.05) is 34.9 Å². The van der Waals surface area contributed by atoms with Crippen LogP contribution in [0.5, 0.6) is 6.01 Å². The maximum atomic E-state index is 13.7. The number of aliphatic carboxylic acids is 1. The molecule has 0 amide bonds. The molecule has 4 aromatic rings. The molecular formula is C29H29F2N2NaO3. The monoisotopic (exact) mass is 514 g/mol. The van der Waals surface area contributed by atoms with Gasteiger partial charge in [0.15, 0.2) is 0 Å². The van der Waals surface area contributed by atoms with Gasteiger partial charge in [-0.15, -0.1) is 0 Å². The molecule has 0 saturated heterocycles. The summed E-state index contributed by atoms with van der Waals surface area (Å²) in [5.41, 5.74) is 3.63. The molecule has 8 heteroatoms. The quantitative estimate of drug-likeness (QED) is 0.170. The fraction of sp³-hybridized carbons (Fsp3) is 0.241. The van der Waals surface area contributed by atoms with E-state index in [-0.39, 0.29) is 47.6 Å². The van der Waals surface area contributed by atoms with Crippen LogP contribution in [0.2, 0.25) is 0 Å². The number of benzene rings is 3. The van der Waals surface area contributed by atoms with E-state index in [1.54, 1.807) is 24.3 Å². The molecule has 0 atom stereocenters. The van der Waals surface area contributed by atoms with Crippen molar-refractivity contribution < 1.29 is 23.4 Å². The topological polar surface area (TPSA) is 64.3 Å². The summed E-state index contributed by atoms with van der Waals surface area (Å²) in [6, 6.07) is 22.3. The van der Waals surface area contributed by atoms with E-state index >= 15 is 0 Å². The van der Waals surface area contributed by atoms with E-state index < -0.39 is 5.97 Å². The molecule has 0 aliphatic rings. The summed E-state index contributed by atoms with van der Waals surface area (Å²) in [5.74, 6) is -1.45. The van der Waals surface area contributed by atoms with E-state index in [0.717, 1.165) is 42.6 Å². The first-order valence-corrected chi connectivity index (χ1v) is 12.1. The number of rotatable bonds is 12. The van der Waals surface area contributed by atoms with Crippen LogP contribution >= 0.6 is 0 Å². The predicted molar refractivity (Wildman–Crippen MR) is 142 cm³/mol. The average molecular weight is 515 g/mol. The molecule has 0 unspecified atom stereocenters. The summed E-state index contributed by atoms with van der Waals surface area (Å²) < 4.78 is 35.5. The van der Waals surface area contributed by atoms with Crippen molar-refractivity contribution in [3.63, 3.8) is 0 Å². The Morgan fingerprint density at radius 1 is 0.784 bits per heavy atom. The Morgan fingerprint density at radius 2 is 1.35 bits per heavy atom. The molecule has 0 radical (unpaired) electrons. The standard InChI is InChI=1S/C29H28F2N2O3.Na.H/c30-23-16-12-21(13-17-23)27-28(22-14-18-24(31)19-15-22)33(25-9-5-4-6-10-25)29(32-27)36-20-8-3-1-2-7-11-26(34)35;;/h4-6,9-10,12-19H,1-3,7-8,11,20H2,(H,34,35);;. The van der Waals surface area contributed by atoms with E-state index in [0.29, 0.717) is 30.3 Å². The number of carboxylic acids is 1. The number of unbranched alkanes of at least 4 members (excludes halogenated alkanes) is 4. The minimum absolute atomic E-state index is 0. The van der Waals surface area contributed by atoms with Gasteiger partial charge in [0.05, 0.1) is 18.0 Å². The molecule has 0 spiro atoms. The van der Waals surface area contributed by atoms with Crippen molar-refractivity contribution in [1.29, 1.82) is 0 Å². The number of imidazole rings is 1. The molecule has 1 heterocycles. The first-order chi connectivity index (χ1) is 17.5. The number of hydrogen-bond donors (Lipinski definition) is 1. The van der Waals surface area contributed by atoms with Gasteiger partial charge >= 0.3 is 41.5 Å². The summed E-state index contributed by atoms with van der Waals surface area (Å²) in [6.45, 7) is 0.439. The zero-order chi connectivity index (χ0) is 25.3. The molecule has 1 N–H and O–H groups in total. The van der Waals surface area contributed by atoms with Crippen molar-refractivity contribution in [2.24, 2.45) is 0 Å². The summed E-state index contributed by atoms with van der Waals surface area (Å²) in [5, 5.41) is 8.75. The second-order valence-electron chi connectivity index (χ2n) is 8.54. The molecule has 0 aliphatic carbocycles. The number of aromatic nitrogens is 2. The Bertz CT molecular complexity index is 1280. The summed E-state index contributed by atoms with van der Waals surface area (Å²) in [4.78, 5) is 15.5. The van der Waals surface area contributed by atoms with E-state index in [9.17, 15) is 13.6 Å². The van der Waals surface area contributed by atoms with Crippen molar-refractivity contribution in [2.75, 3.05) is 6.61 Å². The molecule has 3 aromatic carbocycles. The normalized spacial score (nSPS) is 10.6. The molecule has 0 aliphatic heterocycles. The van der Waals surface area contributed by atoms with Crippen molar-refractivity contribution >= 4 is 35.5 Å². The molecule has 4 rings (SSSR count). The van der Waals surface area contributed by atoms with Crippen LogP contribution in [0.4, 0.5) is 8.78 Å². The molecule has 1 aromatic heterocycles. The number of nitrogens with zero attached hydrogens (tertiary/aromatic N) is 2. The van der Waals surface area contributed by atoms with Crippen molar-refractivity contribution in [2.45, 2.75) is 38.5 Å². The van der Waals surface area contributed by atoms with Gasteiger partial charge in [-0.2, -0.15) is 4.98 Å². The van der Waals surface area contributed by atoms with Crippen molar-refractivity contribution in [1.82, 2.24) is 9.55 Å². The van der Waals surface area contributed by atoms with Crippen molar-refractivity contribution in [3.05, 3.63) is 90.5 Å². The van der Waals surface area contributed by atoms with Crippen molar-refractivity contribution in [3.8, 4) is 34.2 Å². The molecule has 5 nitrogen and oxygen atoms in total. The first kappa shape index (κ1) is 28.6. The fourth-order valence-corrected chi connectivity index (χ4v) is 4.07. The van der Waals surface area contributed by atoms with Crippen LogP contribution in [-0.2, 0) is 4.79 Å². The molecule has 188 valence electrons. The number of hydrogen-bond acceptors (Lipinski definition) is 3. The Kier molecular flexibility index (Phi) is 10.9. The Morgan fingerprint density at radius 3 is 1.97 bits per heavy atom. The van der Waals surface area contributed by atoms with Crippen LogP contribution < -0.4 is 4.74 Å². The number of ether oxygens (including phenoxy) is 1. The van der Waals surface area contributed by atoms with Gasteiger partial charge in [-0.05, 0) is 73.5 Å². The maximum absolute atomic E-state index is 13.7. The van der Waals surface area contributed by atoms with Gasteiger partial charge in [-0.1, -0.05) is 37.5 Å². The molecule has 0 fully saturated rings. The van der Waals surface area contributed by atoms with E-state index in [2.05, 4.69) is 0 Å². The van der Waals surface area contributed by atoms with Crippen LogP contribution in [0.1, 0.15) is 38.5 Å². The van der Waals surface area contributed by atoms with Gasteiger partial charge in [0, 0.05) is 17.5 Å². The predicted octanol–water partition coefficient (Wildman–Crippen LogP) is 6.64. The van der Waals surface area contributed by atoms with E-state index in [4.69, 9.17) is 14.8 Å². The second kappa shape index (κ2) is 14.1. The van der Waals surface area contributed by atoms with Gasteiger partial charge in [0.1, 0.15) is 17.3 Å². The van der Waals surface area contributed by atoms with Gasteiger partial charge in [0.25, 0.3) is 0 Å². The number of carbonyl (C=O) groups is 1. The van der Waals surface area contributed by atoms with Gasteiger partial charge in [-0.3, -0.25) is 9.36 Å². The SMILES string of the molecule is O=C(O)CCCCCCCOc1nc(-c2ccc(F)cc2)c(-c2ccc(F)cc2)n1-c1ccccc1.[NaH]. The van der Waals surface area contributed by atoms with Crippen LogP contribution in [0.3, 0.4) is 0 Å². The zero-order valence-electron chi connectivity index (χ0n) is 19.9. The average Bonchev–Trinajstić information content (AvgIpc) is 3.26. The number of para-hydroxylation sites is 1. The minimum atomic E-state index is -0.764. The summed E-state index contributed by atoms with van der Waals surface area (Å²) in [7, 11) is 0. The van der Waals surface area contributed by atoms with Gasteiger partial charge in [-0.25, -0.2) is 8.78 Å². The molecule has 37 heavy (non-hydrogen) atoms. The summed E-state index contributed by atoms with van der Waals surface area (Å²) in [6.07, 6.45) is 4.40. The van der Waals surface area contributed by atoms with Crippen LogP contribution in [0.25, 0.3) is 28.2 Å². The fourth-order valence-electron chi connectivity index (χ4n) is 4.07. The third-order valence-corrected chi connectivity index (χ3v) is 5.86. The number of halogens is 2. The van der Waals surface area contributed by atoms with E-state index in [1.165, 1.54) is 24.3 Å². The van der Waals surface area contributed by atoms with Gasteiger partial charge in [0.2, 0.25) is 0 Å². The second-order valence-corrected chi connectivity index (χ2v) is 8.54. The Balaban J connectivity index is 0.00000380. The number of carboxylic acid groups (broad SMARTS) is 1. The third kappa shape index (κ3) is 7.74. The van der Waals surface area contributed by atoms with Crippen LogP contribution in [0, 0.1) is 11.6 Å². The molecular weight excluding hydrogens is 485 g/mol. The first-order valence-electron chi connectivity index (χ1n) is 12.1. The van der Waals surface area contributed by atoms with Gasteiger partial charge < -0.3 is 9.84 Å². The molecule has 0 bridgehead atoms. The zero-order valence-corrected chi connectivity index (χ0v) is 19.9. The third-order valence-electron chi connectivity index (χ3n) is 5.86. The van der Waals surface area contributed by atoms with Crippen LogP contribution in [-0.4, -0.2) is 56.8 Å². The Hall–Kier alpha value is -3.00. The van der Waals surface area contributed by atoms with Crippen LogP contribution in [0.15, 0.2) is 78.9 Å². The molecule has 0 saturated carbocycles. The Labute approximate surface area is 237 Å². The summed E-state index contributed by atoms with van der Waals surface area (Å²) >= 11 is 0.